The van der Waals surface area contributed by atoms with E-state index in [0.29, 0.717) is 15.6 Å². The van der Waals surface area contributed by atoms with Crippen molar-refractivity contribution in [2.75, 3.05) is 5.32 Å². The molecule has 2 N–H and O–H groups in total. The van der Waals surface area contributed by atoms with E-state index in [4.69, 9.17) is 35.4 Å². The average molecular weight is 365 g/mol. The molecule has 0 radical (unpaired) electrons. The highest BCUT2D eigenvalue weighted by Crippen LogP contribution is 2.21. The maximum absolute atomic E-state index is 11.9. The molecule has 0 aromatic heterocycles. The number of anilines is 1. The van der Waals surface area contributed by atoms with Gasteiger partial charge in [0.25, 0.3) is 0 Å². The summed E-state index contributed by atoms with van der Waals surface area (Å²) in [7, 11) is 0. The second-order valence-electron chi connectivity index (χ2n) is 4.81. The number of nitrogens with one attached hydrogen (secondary N) is 2. The topological polar surface area (TPSA) is 41.1 Å². The van der Waals surface area contributed by atoms with E-state index in [1.807, 2.05) is 31.2 Å². The van der Waals surface area contributed by atoms with E-state index in [0.717, 1.165) is 11.3 Å². The van der Waals surface area contributed by atoms with Gasteiger partial charge in [-0.15, -0.1) is 0 Å². The Labute approximate surface area is 150 Å². The van der Waals surface area contributed by atoms with E-state index in [9.17, 15) is 4.79 Å². The van der Waals surface area contributed by atoms with Gasteiger partial charge < -0.3 is 5.32 Å². The van der Waals surface area contributed by atoms with Gasteiger partial charge in [-0.1, -0.05) is 41.4 Å². The van der Waals surface area contributed by atoms with Gasteiger partial charge in [0.2, 0.25) is 5.91 Å². The number of aryl methyl sites for hydroxylation is 1. The SMILES string of the molecule is Cc1cccc(NC(=S)NC(=O)C=Cc2ccc(Cl)cc2Cl)c1. The minimum absolute atomic E-state index is 0.229. The van der Waals surface area contributed by atoms with E-state index in [1.165, 1.54) is 6.08 Å². The van der Waals surface area contributed by atoms with Crippen LogP contribution in [0.15, 0.2) is 48.5 Å². The Kier molecular flexibility index (Phi) is 6.16. The van der Waals surface area contributed by atoms with Crippen molar-refractivity contribution in [2.45, 2.75) is 6.92 Å². The first kappa shape index (κ1) is 17.5. The van der Waals surface area contributed by atoms with Crippen LogP contribution in [0.2, 0.25) is 10.0 Å². The van der Waals surface area contributed by atoms with Crippen molar-refractivity contribution >= 4 is 58.2 Å². The molecule has 0 spiro atoms. The van der Waals surface area contributed by atoms with Gasteiger partial charge in [-0.25, -0.2) is 0 Å². The van der Waals surface area contributed by atoms with E-state index >= 15 is 0 Å². The molecule has 3 nitrogen and oxygen atoms in total. The van der Waals surface area contributed by atoms with Gasteiger partial charge in [-0.05, 0) is 60.6 Å². The Hall–Kier alpha value is -1.88. The minimum atomic E-state index is -0.346. The van der Waals surface area contributed by atoms with Crippen molar-refractivity contribution in [1.82, 2.24) is 5.32 Å². The fourth-order valence-electron chi connectivity index (χ4n) is 1.84. The summed E-state index contributed by atoms with van der Waals surface area (Å²) in [5.74, 6) is -0.346. The van der Waals surface area contributed by atoms with Crippen molar-refractivity contribution in [1.29, 1.82) is 0 Å². The summed E-state index contributed by atoms with van der Waals surface area (Å²) in [5, 5.41) is 6.77. The minimum Gasteiger partial charge on any atom is -0.332 e. The molecule has 1 amide bonds. The Balaban J connectivity index is 1.93. The highest BCUT2D eigenvalue weighted by molar-refractivity contribution is 7.80. The van der Waals surface area contributed by atoms with Crippen LogP contribution in [0, 0.1) is 6.92 Å². The van der Waals surface area contributed by atoms with Crippen LogP contribution >= 0.6 is 35.4 Å². The van der Waals surface area contributed by atoms with Gasteiger partial charge in [0.1, 0.15) is 0 Å². The van der Waals surface area contributed by atoms with E-state index in [2.05, 4.69) is 10.6 Å². The first-order valence-corrected chi connectivity index (χ1v) is 7.92. The standard InChI is InChI=1S/C17H14Cl2N2OS/c1-11-3-2-4-14(9-11)20-17(23)21-16(22)8-6-12-5-7-13(18)10-15(12)19/h2-10H,1H3,(H2,20,21,22,23). The van der Waals surface area contributed by atoms with Crippen LogP contribution in [0.3, 0.4) is 0 Å². The van der Waals surface area contributed by atoms with E-state index in [1.54, 1.807) is 24.3 Å². The highest BCUT2D eigenvalue weighted by Gasteiger charge is 2.03. The molecule has 0 aliphatic rings. The Morgan fingerprint density at radius 3 is 2.65 bits per heavy atom. The third-order valence-electron chi connectivity index (χ3n) is 2.89. The maximum atomic E-state index is 11.9. The van der Waals surface area contributed by atoms with Crippen molar-refractivity contribution < 1.29 is 4.79 Å². The molecular formula is C17H14Cl2N2OS. The van der Waals surface area contributed by atoms with Crippen LogP contribution in [-0.2, 0) is 4.79 Å². The smallest absolute Gasteiger partial charge is 0.250 e. The van der Waals surface area contributed by atoms with Crippen LogP contribution in [0.4, 0.5) is 5.69 Å². The van der Waals surface area contributed by atoms with Gasteiger partial charge in [0, 0.05) is 21.8 Å². The van der Waals surface area contributed by atoms with Gasteiger partial charge in [0.05, 0.1) is 0 Å². The molecule has 0 heterocycles. The lowest BCUT2D eigenvalue weighted by atomic mass is 10.2. The molecule has 2 rings (SSSR count). The van der Waals surface area contributed by atoms with Crippen molar-refractivity contribution in [3.63, 3.8) is 0 Å². The Bertz CT molecular complexity index is 775. The normalized spacial score (nSPS) is 10.6. The summed E-state index contributed by atoms with van der Waals surface area (Å²) in [4.78, 5) is 11.9. The van der Waals surface area contributed by atoms with Crippen LogP contribution in [0.25, 0.3) is 6.08 Å². The summed E-state index contributed by atoms with van der Waals surface area (Å²) in [6.07, 6.45) is 2.96. The zero-order valence-electron chi connectivity index (χ0n) is 12.3. The summed E-state index contributed by atoms with van der Waals surface area (Å²) >= 11 is 17.0. The van der Waals surface area contributed by atoms with Gasteiger partial charge in [0.15, 0.2) is 5.11 Å². The maximum Gasteiger partial charge on any atom is 0.250 e. The van der Waals surface area contributed by atoms with E-state index < -0.39 is 0 Å². The second kappa shape index (κ2) is 8.11. The highest BCUT2D eigenvalue weighted by atomic mass is 35.5. The lowest BCUT2D eigenvalue weighted by Gasteiger charge is -2.08. The summed E-state index contributed by atoms with van der Waals surface area (Å²) < 4.78 is 0. The van der Waals surface area contributed by atoms with Crippen LogP contribution in [-0.4, -0.2) is 11.0 Å². The number of thiocarbonyl (C=S) groups is 1. The lowest BCUT2D eigenvalue weighted by molar-refractivity contribution is -0.115. The van der Waals surface area contributed by atoms with Gasteiger partial charge in [-0.3, -0.25) is 10.1 Å². The first-order chi connectivity index (χ1) is 10.9. The molecular weight excluding hydrogens is 351 g/mol. The number of hydrogen-bond acceptors (Lipinski definition) is 2. The first-order valence-electron chi connectivity index (χ1n) is 6.76. The van der Waals surface area contributed by atoms with E-state index in [-0.39, 0.29) is 11.0 Å². The third-order valence-corrected chi connectivity index (χ3v) is 3.66. The molecule has 0 aliphatic heterocycles. The number of rotatable bonds is 3. The molecule has 0 saturated heterocycles. The predicted octanol–water partition coefficient (Wildman–Crippen LogP) is 4.83. The molecule has 2 aromatic rings. The van der Waals surface area contributed by atoms with Gasteiger partial charge >= 0.3 is 0 Å². The van der Waals surface area contributed by atoms with Crippen molar-refractivity contribution in [3.05, 3.63) is 69.7 Å². The average Bonchev–Trinajstić information content (AvgIpc) is 2.46. The molecule has 0 unspecified atom stereocenters. The molecule has 0 fully saturated rings. The number of benzene rings is 2. The molecule has 2 aromatic carbocycles. The molecule has 0 bridgehead atoms. The Morgan fingerprint density at radius 1 is 1.17 bits per heavy atom. The largest absolute Gasteiger partial charge is 0.332 e. The number of hydrogen-bond donors (Lipinski definition) is 2. The van der Waals surface area contributed by atoms with Gasteiger partial charge in [-0.2, -0.15) is 0 Å². The van der Waals surface area contributed by atoms with Crippen LogP contribution in [0.5, 0.6) is 0 Å². The fraction of sp³-hybridized carbons (Fsp3) is 0.0588. The number of carbonyl (C=O) groups excluding carboxylic acids is 1. The number of carbonyl (C=O) groups is 1. The number of halogens is 2. The zero-order chi connectivity index (χ0) is 16.8. The molecule has 23 heavy (non-hydrogen) atoms. The summed E-state index contributed by atoms with van der Waals surface area (Å²) in [5.41, 5.74) is 2.62. The van der Waals surface area contributed by atoms with Crippen LogP contribution in [0.1, 0.15) is 11.1 Å². The second-order valence-corrected chi connectivity index (χ2v) is 6.06. The molecule has 0 saturated carbocycles. The van der Waals surface area contributed by atoms with Crippen LogP contribution < -0.4 is 10.6 Å². The summed E-state index contributed by atoms with van der Waals surface area (Å²) in [6.45, 7) is 1.98. The third kappa shape index (κ3) is 5.67. The predicted molar refractivity (Wildman–Crippen MR) is 101 cm³/mol. The monoisotopic (exact) mass is 364 g/mol. The summed E-state index contributed by atoms with van der Waals surface area (Å²) in [6, 6.07) is 12.7. The zero-order valence-corrected chi connectivity index (χ0v) is 14.6. The Morgan fingerprint density at radius 2 is 1.96 bits per heavy atom. The molecule has 6 heteroatoms. The van der Waals surface area contributed by atoms with Crippen molar-refractivity contribution in [3.8, 4) is 0 Å². The molecule has 0 aliphatic carbocycles. The fourth-order valence-corrected chi connectivity index (χ4v) is 2.53. The van der Waals surface area contributed by atoms with Crippen molar-refractivity contribution in [2.24, 2.45) is 0 Å². The number of amides is 1. The molecule has 118 valence electrons. The molecule has 0 atom stereocenters. The lowest BCUT2D eigenvalue weighted by Crippen LogP contribution is -2.32. The quantitative estimate of drug-likeness (QED) is 0.605.